The highest BCUT2D eigenvalue weighted by Gasteiger charge is 2.48. The number of nitrogens with one attached hydrogen (secondary N) is 1. The molecule has 0 saturated carbocycles. The third-order valence-electron chi connectivity index (χ3n) is 6.37. The molecule has 1 fully saturated rings. The largest absolute Gasteiger partial charge is 0.507 e. The quantitative estimate of drug-likeness (QED) is 0.159. The van der Waals surface area contributed by atoms with E-state index in [0.29, 0.717) is 39.8 Å². The SMILES string of the molecule is CCOc1cc(/C(O)=C2\C(=O)C(=O)N(c3nc4ccc(C)cc4[nH]3)C2c2ccc(OC(C)C)cc2)ccc1Cl. The second kappa shape index (κ2) is 10.5. The second-order valence-corrected chi connectivity index (χ2v) is 9.97. The first-order valence-electron chi connectivity index (χ1n) is 12.6. The number of benzene rings is 3. The van der Waals surface area contributed by atoms with Crippen molar-refractivity contribution >= 4 is 46.0 Å². The van der Waals surface area contributed by atoms with E-state index in [4.69, 9.17) is 21.1 Å². The molecule has 1 saturated heterocycles. The number of amides is 1. The molecule has 0 spiro atoms. The van der Waals surface area contributed by atoms with Crippen LogP contribution in [0.15, 0.2) is 66.2 Å². The minimum atomic E-state index is -0.953. The molecule has 3 aromatic carbocycles. The summed E-state index contributed by atoms with van der Waals surface area (Å²) in [5, 5.41) is 11.8. The fourth-order valence-corrected chi connectivity index (χ4v) is 4.84. The number of nitrogens with zero attached hydrogens (tertiary/aromatic N) is 2. The molecule has 0 radical (unpaired) electrons. The van der Waals surface area contributed by atoms with Crippen molar-refractivity contribution in [3.05, 3.63) is 87.9 Å². The zero-order valence-corrected chi connectivity index (χ0v) is 22.7. The Morgan fingerprint density at radius 1 is 1.10 bits per heavy atom. The van der Waals surface area contributed by atoms with Crippen molar-refractivity contribution in [2.75, 3.05) is 11.5 Å². The summed E-state index contributed by atoms with van der Waals surface area (Å²) in [4.78, 5) is 36.1. The van der Waals surface area contributed by atoms with Crippen LogP contribution in [0.3, 0.4) is 0 Å². The van der Waals surface area contributed by atoms with Gasteiger partial charge >= 0.3 is 5.91 Å². The topological polar surface area (TPSA) is 105 Å². The lowest BCUT2D eigenvalue weighted by Crippen LogP contribution is -2.30. The van der Waals surface area contributed by atoms with Gasteiger partial charge in [0.05, 0.1) is 40.4 Å². The number of ether oxygens (including phenoxy) is 2. The molecular weight excluding hydrogens is 518 g/mol. The van der Waals surface area contributed by atoms with E-state index in [9.17, 15) is 14.7 Å². The number of imidazole rings is 1. The van der Waals surface area contributed by atoms with Gasteiger partial charge in [-0.05, 0) is 81.3 Å². The monoisotopic (exact) mass is 545 g/mol. The summed E-state index contributed by atoms with van der Waals surface area (Å²) >= 11 is 6.24. The van der Waals surface area contributed by atoms with Gasteiger partial charge in [-0.25, -0.2) is 4.98 Å². The average Bonchev–Trinajstić information content (AvgIpc) is 3.43. The number of Topliss-reactive ketones (excluding diaryl/α,β-unsaturated/α-hetero) is 1. The number of halogens is 1. The summed E-state index contributed by atoms with van der Waals surface area (Å²) in [6.07, 6.45) is -0.0232. The van der Waals surface area contributed by atoms with Gasteiger partial charge in [-0.2, -0.15) is 0 Å². The van der Waals surface area contributed by atoms with Gasteiger partial charge in [-0.15, -0.1) is 0 Å². The maximum atomic E-state index is 13.5. The van der Waals surface area contributed by atoms with Crippen LogP contribution in [-0.4, -0.2) is 39.5 Å². The molecule has 1 atom stereocenters. The van der Waals surface area contributed by atoms with E-state index in [2.05, 4.69) is 9.97 Å². The highest BCUT2D eigenvalue weighted by atomic mass is 35.5. The second-order valence-electron chi connectivity index (χ2n) is 9.56. The van der Waals surface area contributed by atoms with Gasteiger partial charge < -0.3 is 19.6 Å². The number of rotatable bonds is 7. The number of carbonyl (C=O) groups is 2. The van der Waals surface area contributed by atoms with Crippen LogP contribution in [0.25, 0.3) is 16.8 Å². The maximum absolute atomic E-state index is 13.5. The van der Waals surface area contributed by atoms with E-state index in [1.165, 1.54) is 4.90 Å². The molecule has 2 heterocycles. The van der Waals surface area contributed by atoms with Gasteiger partial charge in [0.15, 0.2) is 0 Å². The molecule has 1 aliphatic rings. The predicted octanol–water partition coefficient (Wildman–Crippen LogP) is 6.34. The molecule has 0 bridgehead atoms. The van der Waals surface area contributed by atoms with E-state index in [1.807, 2.05) is 45.9 Å². The maximum Gasteiger partial charge on any atom is 0.302 e. The number of hydrogen-bond acceptors (Lipinski definition) is 6. The van der Waals surface area contributed by atoms with Crippen LogP contribution in [0, 0.1) is 6.92 Å². The first-order valence-corrected chi connectivity index (χ1v) is 13.0. The van der Waals surface area contributed by atoms with Crippen molar-refractivity contribution in [1.29, 1.82) is 0 Å². The van der Waals surface area contributed by atoms with Crippen LogP contribution in [0.5, 0.6) is 11.5 Å². The number of H-pyrrole nitrogens is 1. The van der Waals surface area contributed by atoms with Crippen molar-refractivity contribution < 1.29 is 24.2 Å². The molecule has 200 valence electrons. The highest BCUT2D eigenvalue weighted by molar-refractivity contribution is 6.51. The zero-order valence-electron chi connectivity index (χ0n) is 22.0. The summed E-state index contributed by atoms with van der Waals surface area (Å²) in [6.45, 7) is 7.99. The number of aromatic amines is 1. The molecule has 1 amide bonds. The van der Waals surface area contributed by atoms with Gasteiger partial charge in [-0.3, -0.25) is 14.5 Å². The van der Waals surface area contributed by atoms with Gasteiger partial charge in [0.1, 0.15) is 17.3 Å². The Balaban J connectivity index is 1.69. The number of aryl methyl sites for hydroxylation is 1. The van der Waals surface area contributed by atoms with Crippen LogP contribution in [0.1, 0.15) is 43.5 Å². The fraction of sp³-hybridized carbons (Fsp3) is 0.233. The standard InChI is InChI=1S/C30H28ClN3O5/c1-5-38-24-15-19(9-12-21(24)31)27(35)25-26(18-7-10-20(11-8-18)39-16(2)3)34(29(37)28(25)36)30-32-22-13-6-17(4)14-23(22)33-30/h6-16,26,35H,5H2,1-4H3,(H,32,33)/b27-25+. The lowest BCUT2D eigenvalue weighted by Gasteiger charge is -2.23. The third kappa shape index (κ3) is 4.95. The van der Waals surface area contributed by atoms with Crippen LogP contribution < -0.4 is 14.4 Å². The molecule has 1 aromatic heterocycles. The molecule has 9 heteroatoms. The average molecular weight is 546 g/mol. The number of anilines is 1. The van der Waals surface area contributed by atoms with E-state index in [-0.39, 0.29) is 23.4 Å². The molecule has 0 aliphatic carbocycles. The van der Waals surface area contributed by atoms with Crippen molar-refractivity contribution in [2.24, 2.45) is 0 Å². The van der Waals surface area contributed by atoms with Gasteiger partial charge in [0.25, 0.3) is 5.78 Å². The highest BCUT2D eigenvalue weighted by Crippen LogP contribution is 2.42. The normalized spacial score (nSPS) is 16.9. The number of hydrogen-bond donors (Lipinski definition) is 2. The van der Waals surface area contributed by atoms with Crippen molar-refractivity contribution in [2.45, 2.75) is 39.8 Å². The molecule has 1 unspecified atom stereocenters. The van der Waals surface area contributed by atoms with Crippen LogP contribution >= 0.6 is 11.6 Å². The molecule has 5 rings (SSSR count). The summed E-state index contributed by atoms with van der Waals surface area (Å²) < 4.78 is 11.3. The first kappa shape index (κ1) is 26.3. The number of aliphatic hydroxyl groups is 1. The van der Waals surface area contributed by atoms with E-state index < -0.39 is 17.7 Å². The van der Waals surface area contributed by atoms with Gasteiger partial charge in [-0.1, -0.05) is 29.8 Å². The Labute approximate surface area is 230 Å². The molecule has 4 aromatic rings. The smallest absolute Gasteiger partial charge is 0.302 e. The van der Waals surface area contributed by atoms with Crippen molar-refractivity contribution in [3.8, 4) is 11.5 Å². The summed E-state index contributed by atoms with van der Waals surface area (Å²) in [6, 6.07) is 16.5. The van der Waals surface area contributed by atoms with Crippen molar-refractivity contribution in [1.82, 2.24) is 9.97 Å². The fourth-order valence-electron chi connectivity index (χ4n) is 4.66. The Bertz CT molecular complexity index is 1610. The van der Waals surface area contributed by atoms with Gasteiger partial charge in [0.2, 0.25) is 5.95 Å². The molecule has 8 nitrogen and oxygen atoms in total. The number of aromatic nitrogens is 2. The third-order valence-corrected chi connectivity index (χ3v) is 6.68. The first-order chi connectivity index (χ1) is 18.7. The minimum Gasteiger partial charge on any atom is -0.507 e. The van der Waals surface area contributed by atoms with Crippen molar-refractivity contribution in [3.63, 3.8) is 0 Å². The number of aliphatic hydroxyl groups excluding tert-OH is 1. The van der Waals surface area contributed by atoms with E-state index >= 15 is 0 Å². The number of fused-ring (bicyclic) bond motifs is 1. The molecule has 1 aliphatic heterocycles. The zero-order chi connectivity index (χ0) is 27.8. The summed E-state index contributed by atoms with van der Waals surface area (Å²) in [5.41, 5.74) is 3.22. The number of ketones is 1. The van der Waals surface area contributed by atoms with Crippen LogP contribution in [0.4, 0.5) is 5.95 Å². The molecule has 2 N–H and O–H groups in total. The van der Waals surface area contributed by atoms with Crippen LogP contribution in [0.2, 0.25) is 5.02 Å². The van der Waals surface area contributed by atoms with Crippen LogP contribution in [-0.2, 0) is 9.59 Å². The van der Waals surface area contributed by atoms with Gasteiger partial charge in [0, 0.05) is 5.56 Å². The van der Waals surface area contributed by atoms with E-state index in [1.54, 1.807) is 42.5 Å². The minimum absolute atomic E-state index is 0.0232. The lowest BCUT2D eigenvalue weighted by atomic mass is 9.95. The molecular formula is C30H28ClN3O5. The Morgan fingerprint density at radius 2 is 1.85 bits per heavy atom. The number of carbonyl (C=O) groups excluding carboxylic acids is 2. The Morgan fingerprint density at radius 3 is 2.54 bits per heavy atom. The van der Waals surface area contributed by atoms with E-state index in [0.717, 1.165) is 11.1 Å². The Hall–Kier alpha value is -4.30. The predicted molar refractivity (Wildman–Crippen MR) is 150 cm³/mol. The summed E-state index contributed by atoms with van der Waals surface area (Å²) in [5.74, 6) is -0.771. The lowest BCUT2D eigenvalue weighted by molar-refractivity contribution is -0.132. The Kier molecular flexibility index (Phi) is 7.06. The molecule has 39 heavy (non-hydrogen) atoms. The summed E-state index contributed by atoms with van der Waals surface area (Å²) in [7, 11) is 0.